The van der Waals surface area contributed by atoms with Gasteiger partial charge in [0.2, 0.25) is 0 Å². The Morgan fingerprint density at radius 2 is 2.24 bits per heavy atom. The van der Waals surface area contributed by atoms with E-state index in [9.17, 15) is 4.79 Å². The fourth-order valence-electron chi connectivity index (χ4n) is 2.06. The summed E-state index contributed by atoms with van der Waals surface area (Å²) in [6, 6.07) is 5.62. The van der Waals surface area contributed by atoms with Gasteiger partial charge in [0.25, 0.3) is 0 Å². The molecule has 0 amide bonds. The molecule has 0 spiro atoms. The van der Waals surface area contributed by atoms with E-state index in [1.54, 1.807) is 0 Å². The number of benzene rings is 1. The molecular formula is C13H16ClNO2. The molecule has 4 heteroatoms. The molecule has 2 rings (SSSR count). The number of oxazole rings is 1. The predicted molar refractivity (Wildman–Crippen MR) is 69.5 cm³/mol. The Kier molecular flexibility index (Phi) is 3.57. The molecule has 0 aliphatic rings. The van der Waals surface area contributed by atoms with Gasteiger partial charge in [0.05, 0.1) is 10.9 Å². The van der Waals surface area contributed by atoms with Crippen molar-refractivity contribution in [2.24, 2.45) is 5.92 Å². The number of halogens is 1. The zero-order chi connectivity index (χ0) is 12.4. The molecule has 0 aliphatic carbocycles. The predicted octanol–water partition coefficient (Wildman–Crippen LogP) is 3.84. The first-order valence-electron chi connectivity index (χ1n) is 5.88. The third kappa shape index (κ3) is 2.55. The van der Waals surface area contributed by atoms with Crippen LogP contribution in [0.5, 0.6) is 0 Å². The number of fused-ring (bicyclic) bond motifs is 1. The van der Waals surface area contributed by atoms with Gasteiger partial charge in [-0.15, -0.1) is 11.6 Å². The Bertz CT molecular complexity index is 558. The highest BCUT2D eigenvalue weighted by Crippen LogP contribution is 2.32. The van der Waals surface area contributed by atoms with E-state index < -0.39 is 5.76 Å². The summed E-state index contributed by atoms with van der Waals surface area (Å²) in [6.07, 6.45) is 2.20. The first kappa shape index (κ1) is 12.2. The third-order valence-corrected chi connectivity index (χ3v) is 3.69. The number of nitrogens with one attached hydrogen (secondary N) is 1. The molecule has 1 aromatic heterocycles. The molecule has 17 heavy (non-hydrogen) atoms. The second-order valence-corrected chi connectivity index (χ2v) is 4.91. The Hall–Kier alpha value is -1.22. The van der Waals surface area contributed by atoms with Gasteiger partial charge in [-0.3, -0.25) is 4.98 Å². The topological polar surface area (TPSA) is 46.0 Å². The van der Waals surface area contributed by atoms with E-state index >= 15 is 0 Å². The lowest BCUT2D eigenvalue weighted by molar-refractivity contribution is 0.506. The van der Waals surface area contributed by atoms with Crippen molar-refractivity contribution in [3.8, 4) is 0 Å². The van der Waals surface area contributed by atoms with Crippen molar-refractivity contribution in [1.82, 2.24) is 4.98 Å². The largest absolute Gasteiger partial charge is 0.417 e. The van der Waals surface area contributed by atoms with E-state index in [2.05, 4.69) is 18.8 Å². The summed E-state index contributed by atoms with van der Waals surface area (Å²) in [7, 11) is 0. The molecular weight excluding hydrogens is 238 g/mol. The highest BCUT2D eigenvalue weighted by molar-refractivity contribution is 6.21. The van der Waals surface area contributed by atoms with Crippen LogP contribution in [0, 0.1) is 5.92 Å². The van der Waals surface area contributed by atoms with E-state index in [4.69, 9.17) is 16.0 Å². The second-order valence-electron chi connectivity index (χ2n) is 4.44. The number of hydrogen-bond donors (Lipinski definition) is 1. The monoisotopic (exact) mass is 253 g/mol. The van der Waals surface area contributed by atoms with E-state index in [1.165, 1.54) is 0 Å². The number of hydrogen-bond acceptors (Lipinski definition) is 2. The Morgan fingerprint density at radius 3 is 2.94 bits per heavy atom. The summed E-state index contributed by atoms with van der Waals surface area (Å²) < 4.78 is 5.03. The summed E-state index contributed by atoms with van der Waals surface area (Å²) in [5, 5.41) is -0.0421. The first-order valence-corrected chi connectivity index (χ1v) is 6.32. The Labute approximate surface area is 105 Å². The molecule has 2 unspecified atom stereocenters. The highest BCUT2D eigenvalue weighted by atomic mass is 35.5. The number of aromatic nitrogens is 1. The van der Waals surface area contributed by atoms with Crippen molar-refractivity contribution in [1.29, 1.82) is 0 Å². The van der Waals surface area contributed by atoms with Crippen LogP contribution < -0.4 is 5.76 Å². The second kappa shape index (κ2) is 4.96. The normalized spacial score (nSPS) is 15.0. The fourth-order valence-corrected chi connectivity index (χ4v) is 2.33. The summed E-state index contributed by atoms with van der Waals surface area (Å²) in [5.74, 6) is -0.0188. The zero-order valence-corrected chi connectivity index (χ0v) is 10.8. The summed E-state index contributed by atoms with van der Waals surface area (Å²) in [5.41, 5.74) is 2.29. The minimum atomic E-state index is -0.426. The van der Waals surface area contributed by atoms with E-state index in [1.807, 2.05) is 18.2 Å². The van der Waals surface area contributed by atoms with Crippen LogP contribution in [0.2, 0.25) is 0 Å². The van der Waals surface area contributed by atoms with E-state index in [-0.39, 0.29) is 5.38 Å². The zero-order valence-electron chi connectivity index (χ0n) is 10.00. The van der Waals surface area contributed by atoms with Gasteiger partial charge in [-0.1, -0.05) is 26.3 Å². The van der Waals surface area contributed by atoms with Crippen LogP contribution in [-0.2, 0) is 0 Å². The minimum Gasteiger partial charge on any atom is -0.408 e. The van der Waals surface area contributed by atoms with Crippen molar-refractivity contribution >= 4 is 22.7 Å². The van der Waals surface area contributed by atoms with E-state index in [0.717, 1.165) is 18.4 Å². The van der Waals surface area contributed by atoms with Gasteiger partial charge in [-0.25, -0.2) is 4.79 Å². The Balaban J connectivity index is 2.32. The van der Waals surface area contributed by atoms with Crippen LogP contribution in [0.25, 0.3) is 11.1 Å². The molecule has 0 saturated carbocycles. The molecule has 0 radical (unpaired) electrons. The highest BCUT2D eigenvalue weighted by Gasteiger charge is 2.16. The third-order valence-electron chi connectivity index (χ3n) is 3.01. The van der Waals surface area contributed by atoms with Crippen LogP contribution in [0.1, 0.15) is 37.6 Å². The maximum atomic E-state index is 11.1. The lowest BCUT2D eigenvalue weighted by atomic mass is 9.96. The van der Waals surface area contributed by atoms with Crippen LogP contribution in [-0.4, -0.2) is 4.98 Å². The summed E-state index contributed by atoms with van der Waals surface area (Å²) in [4.78, 5) is 13.7. The summed E-state index contributed by atoms with van der Waals surface area (Å²) >= 11 is 6.41. The van der Waals surface area contributed by atoms with Gasteiger partial charge in [0.15, 0.2) is 5.58 Å². The maximum Gasteiger partial charge on any atom is 0.417 e. The molecule has 2 aromatic rings. The van der Waals surface area contributed by atoms with Crippen LogP contribution in [0.4, 0.5) is 0 Å². The van der Waals surface area contributed by atoms with Crippen molar-refractivity contribution in [2.45, 2.75) is 32.1 Å². The molecule has 0 aliphatic heterocycles. The maximum absolute atomic E-state index is 11.1. The summed E-state index contributed by atoms with van der Waals surface area (Å²) in [6.45, 7) is 4.28. The van der Waals surface area contributed by atoms with Gasteiger partial charge in [-0.2, -0.15) is 0 Å². The van der Waals surface area contributed by atoms with Crippen LogP contribution in [0.3, 0.4) is 0 Å². The molecule has 92 valence electrons. The average molecular weight is 254 g/mol. The van der Waals surface area contributed by atoms with Gasteiger partial charge in [0, 0.05) is 0 Å². The molecule has 1 N–H and O–H groups in total. The lowest BCUT2D eigenvalue weighted by Gasteiger charge is -2.17. The van der Waals surface area contributed by atoms with Gasteiger partial charge >= 0.3 is 5.76 Å². The van der Waals surface area contributed by atoms with Gasteiger partial charge in [0.1, 0.15) is 0 Å². The average Bonchev–Trinajstić information content (AvgIpc) is 2.67. The van der Waals surface area contributed by atoms with Crippen molar-refractivity contribution in [3.63, 3.8) is 0 Å². The van der Waals surface area contributed by atoms with Gasteiger partial charge < -0.3 is 4.42 Å². The van der Waals surface area contributed by atoms with Crippen LogP contribution in [0.15, 0.2) is 27.4 Å². The smallest absolute Gasteiger partial charge is 0.408 e. The molecule has 3 nitrogen and oxygen atoms in total. The number of H-pyrrole nitrogens is 1. The quantitative estimate of drug-likeness (QED) is 0.842. The number of alkyl halides is 1. The Morgan fingerprint density at radius 1 is 1.47 bits per heavy atom. The SMILES string of the molecule is CCCC(C)C(Cl)c1ccc2[nH]c(=O)oc2c1. The molecule has 1 aromatic carbocycles. The molecule has 0 saturated heterocycles. The van der Waals surface area contributed by atoms with Crippen molar-refractivity contribution < 1.29 is 4.42 Å². The molecule has 2 atom stereocenters. The van der Waals surface area contributed by atoms with Crippen molar-refractivity contribution in [2.75, 3.05) is 0 Å². The standard InChI is InChI=1S/C13H16ClNO2/c1-3-4-8(2)12(14)9-5-6-10-11(7-9)17-13(16)15-10/h5-8,12H,3-4H2,1-2H3,(H,15,16). The number of aromatic amines is 1. The molecule has 0 fully saturated rings. The van der Waals surface area contributed by atoms with Crippen molar-refractivity contribution in [3.05, 3.63) is 34.3 Å². The molecule has 1 heterocycles. The number of rotatable bonds is 4. The minimum absolute atomic E-state index is 0.0421. The van der Waals surface area contributed by atoms with Crippen LogP contribution >= 0.6 is 11.6 Å². The molecule has 0 bridgehead atoms. The van der Waals surface area contributed by atoms with E-state index in [0.29, 0.717) is 17.0 Å². The van der Waals surface area contributed by atoms with Gasteiger partial charge in [-0.05, 0) is 30.0 Å². The lowest BCUT2D eigenvalue weighted by Crippen LogP contribution is -2.03. The fraction of sp³-hybridized carbons (Fsp3) is 0.462. The first-order chi connectivity index (χ1) is 8.11.